The number of nitrogens with two attached hydrogens (primary N) is 1. The van der Waals surface area contributed by atoms with Crippen molar-refractivity contribution in [2.45, 2.75) is 31.8 Å². The van der Waals surface area contributed by atoms with Gasteiger partial charge in [-0.05, 0) is 47.9 Å². The lowest BCUT2D eigenvalue weighted by molar-refractivity contribution is 0.0219. The number of nitriles is 1. The third-order valence-electron chi connectivity index (χ3n) is 5.32. The molecule has 2 aliphatic rings. The van der Waals surface area contributed by atoms with Crippen LogP contribution in [0.1, 0.15) is 36.0 Å². The minimum atomic E-state index is -0.516. The van der Waals surface area contributed by atoms with E-state index >= 15 is 0 Å². The van der Waals surface area contributed by atoms with E-state index in [0.29, 0.717) is 59.9 Å². The molecule has 0 saturated carbocycles. The number of hydrogen-bond acceptors (Lipinski definition) is 7. The Balaban J connectivity index is 1.60. The van der Waals surface area contributed by atoms with Crippen LogP contribution in [-0.4, -0.2) is 61.4 Å². The molecular formula is C20H27BrN4O4. The van der Waals surface area contributed by atoms with Crippen LogP contribution >= 0.6 is 15.9 Å². The van der Waals surface area contributed by atoms with Crippen molar-refractivity contribution in [3.63, 3.8) is 0 Å². The molecule has 2 aliphatic heterocycles. The monoisotopic (exact) mass is 466 g/mol. The first kappa shape index (κ1) is 21.7. The number of β-amino-alcohol motifs (C(OH)–C–C–N with tert-alkyl or cyclic N) is 1. The summed E-state index contributed by atoms with van der Waals surface area (Å²) in [5.74, 6) is 0.539. The standard InChI is InChI=1S/C20H27BrN4O4/c21-17-15(23)10-14(18-19(17)29-9-3-8-28-18)20(27)24-11-13-4-7-25(12-16(13)26)6-2-1-5-22/h10,13,16,26H,1-4,6-9,11-12,23H2,(H,24,27)/t13-,16+/m0/s1. The number of nitrogens with one attached hydrogen (secondary N) is 1. The first-order chi connectivity index (χ1) is 14.0. The number of unbranched alkanes of at least 4 members (excludes halogenated alkanes) is 1. The van der Waals surface area contributed by atoms with Gasteiger partial charge in [0.05, 0.1) is 41.1 Å². The van der Waals surface area contributed by atoms with Gasteiger partial charge in [-0.2, -0.15) is 5.26 Å². The van der Waals surface area contributed by atoms with Crippen LogP contribution in [0.4, 0.5) is 5.69 Å². The number of amides is 1. The molecular weight excluding hydrogens is 440 g/mol. The highest BCUT2D eigenvalue weighted by Crippen LogP contribution is 2.43. The fourth-order valence-electron chi connectivity index (χ4n) is 3.67. The number of halogens is 1. The van der Waals surface area contributed by atoms with Crippen LogP contribution in [0, 0.1) is 17.2 Å². The van der Waals surface area contributed by atoms with Gasteiger partial charge in [0.1, 0.15) is 0 Å². The predicted molar refractivity (Wildman–Crippen MR) is 112 cm³/mol. The molecule has 1 fully saturated rings. The van der Waals surface area contributed by atoms with E-state index in [-0.39, 0.29) is 11.8 Å². The molecule has 0 aliphatic carbocycles. The molecule has 29 heavy (non-hydrogen) atoms. The number of carbonyl (C=O) groups excluding carboxylic acids is 1. The van der Waals surface area contributed by atoms with Gasteiger partial charge in [-0.25, -0.2) is 0 Å². The van der Waals surface area contributed by atoms with Crippen LogP contribution in [0.25, 0.3) is 0 Å². The van der Waals surface area contributed by atoms with Crippen molar-refractivity contribution in [1.82, 2.24) is 10.2 Å². The summed E-state index contributed by atoms with van der Waals surface area (Å²) in [5.41, 5.74) is 6.78. The molecule has 0 unspecified atom stereocenters. The molecule has 1 aromatic rings. The molecule has 1 saturated heterocycles. The van der Waals surface area contributed by atoms with Gasteiger partial charge in [0.15, 0.2) is 11.5 Å². The molecule has 0 bridgehead atoms. The van der Waals surface area contributed by atoms with Crippen molar-refractivity contribution in [3.05, 3.63) is 16.1 Å². The lowest BCUT2D eigenvalue weighted by Gasteiger charge is -2.36. The molecule has 2 heterocycles. The highest BCUT2D eigenvalue weighted by atomic mass is 79.9. The summed E-state index contributed by atoms with van der Waals surface area (Å²) >= 11 is 3.40. The third-order valence-corrected chi connectivity index (χ3v) is 6.14. The number of nitrogens with zero attached hydrogens (tertiary/aromatic N) is 2. The minimum Gasteiger partial charge on any atom is -0.489 e. The summed E-state index contributed by atoms with van der Waals surface area (Å²) in [5, 5.41) is 22.0. The average molecular weight is 467 g/mol. The van der Waals surface area contributed by atoms with E-state index in [9.17, 15) is 9.90 Å². The predicted octanol–water partition coefficient (Wildman–Crippen LogP) is 1.91. The first-order valence-electron chi connectivity index (χ1n) is 9.94. The highest BCUT2D eigenvalue weighted by molar-refractivity contribution is 9.10. The minimum absolute atomic E-state index is 0.0188. The number of fused-ring (bicyclic) bond motifs is 1. The van der Waals surface area contributed by atoms with Crippen molar-refractivity contribution in [3.8, 4) is 17.6 Å². The van der Waals surface area contributed by atoms with E-state index in [1.807, 2.05) is 0 Å². The molecule has 158 valence electrons. The summed E-state index contributed by atoms with van der Waals surface area (Å²) in [6, 6.07) is 3.73. The zero-order valence-electron chi connectivity index (χ0n) is 16.3. The third kappa shape index (κ3) is 5.32. The number of ether oxygens (including phenoxy) is 2. The van der Waals surface area contributed by atoms with Gasteiger partial charge >= 0.3 is 0 Å². The van der Waals surface area contributed by atoms with Crippen molar-refractivity contribution < 1.29 is 19.4 Å². The van der Waals surface area contributed by atoms with Crippen LogP contribution in [0.3, 0.4) is 0 Å². The largest absolute Gasteiger partial charge is 0.489 e. The van der Waals surface area contributed by atoms with Gasteiger partial charge in [0.25, 0.3) is 5.91 Å². The van der Waals surface area contributed by atoms with Crippen molar-refractivity contribution >= 4 is 27.5 Å². The fourth-order valence-corrected chi connectivity index (χ4v) is 4.08. The summed E-state index contributed by atoms with van der Waals surface area (Å²) in [6.45, 7) is 3.55. The quantitative estimate of drug-likeness (QED) is 0.432. The molecule has 1 aromatic carbocycles. The zero-order valence-corrected chi connectivity index (χ0v) is 17.9. The number of anilines is 1. The summed E-state index contributed by atoms with van der Waals surface area (Å²) in [4.78, 5) is 15.0. The maximum Gasteiger partial charge on any atom is 0.255 e. The number of likely N-dealkylation sites (tertiary alicyclic amines) is 1. The van der Waals surface area contributed by atoms with Crippen LogP contribution in [0.15, 0.2) is 10.5 Å². The molecule has 1 amide bonds. The van der Waals surface area contributed by atoms with E-state index in [0.717, 1.165) is 32.4 Å². The van der Waals surface area contributed by atoms with Crippen molar-refractivity contribution in [2.24, 2.45) is 5.92 Å². The van der Waals surface area contributed by atoms with E-state index < -0.39 is 6.10 Å². The van der Waals surface area contributed by atoms with E-state index in [2.05, 4.69) is 32.2 Å². The Bertz CT molecular complexity index is 783. The average Bonchev–Trinajstić information content (AvgIpc) is 2.96. The Morgan fingerprint density at radius 3 is 2.90 bits per heavy atom. The van der Waals surface area contributed by atoms with Gasteiger partial charge < -0.3 is 30.5 Å². The molecule has 8 nitrogen and oxygen atoms in total. The molecule has 0 aromatic heterocycles. The Morgan fingerprint density at radius 1 is 1.41 bits per heavy atom. The lowest BCUT2D eigenvalue weighted by Crippen LogP contribution is -2.47. The van der Waals surface area contributed by atoms with Gasteiger partial charge in [-0.15, -0.1) is 0 Å². The van der Waals surface area contributed by atoms with Gasteiger partial charge in [0.2, 0.25) is 0 Å². The number of aliphatic hydroxyl groups excluding tert-OH is 1. The number of aliphatic hydroxyl groups is 1. The van der Waals surface area contributed by atoms with Gasteiger partial charge in [-0.3, -0.25) is 4.79 Å². The van der Waals surface area contributed by atoms with E-state index in [1.54, 1.807) is 6.07 Å². The topological polar surface area (TPSA) is 121 Å². The van der Waals surface area contributed by atoms with Crippen molar-refractivity contribution in [1.29, 1.82) is 5.26 Å². The fraction of sp³-hybridized carbons (Fsp3) is 0.600. The maximum absolute atomic E-state index is 12.8. The number of rotatable bonds is 6. The second-order valence-corrected chi connectivity index (χ2v) is 8.22. The Hall–Kier alpha value is -2.02. The summed E-state index contributed by atoms with van der Waals surface area (Å²) in [7, 11) is 0. The second kappa shape index (κ2) is 10.1. The van der Waals surface area contributed by atoms with Crippen LogP contribution < -0.4 is 20.5 Å². The van der Waals surface area contributed by atoms with Crippen LogP contribution in [0.5, 0.6) is 11.5 Å². The van der Waals surface area contributed by atoms with E-state index in [4.69, 9.17) is 20.5 Å². The summed E-state index contributed by atoms with van der Waals surface area (Å²) < 4.78 is 12.1. The number of hydrogen-bond donors (Lipinski definition) is 3. The molecule has 4 N–H and O–H groups in total. The maximum atomic E-state index is 12.8. The zero-order chi connectivity index (χ0) is 20.8. The Labute approximate surface area is 179 Å². The molecule has 0 radical (unpaired) electrons. The number of piperidine rings is 1. The number of benzene rings is 1. The first-order valence-corrected chi connectivity index (χ1v) is 10.7. The molecule has 9 heteroatoms. The van der Waals surface area contributed by atoms with E-state index in [1.165, 1.54) is 0 Å². The normalized spacial score (nSPS) is 21.8. The second-order valence-electron chi connectivity index (χ2n) is 7.42. The molecule has 3 rings (SSSR count). The van der Waals surface area contributed by atoms with Crippen LogP contribution in [-0.2, 0) is 0 Å². The van der Waals surface area contributed by atoms with Gasteiger partial charge in [-0.1, -0.05) is 0 Å². The lowest BCUT2D eigenvalue weighted by atomic mass is 9.93. The van der Waals surface area contributed by atoms with Crippen LogP contribution in [0.2, 0.25) is 0 Å². The number of carbonyl (C=O) groups is 1. The smallest absolute Gasteiger partial charge is 0.255 e. The van der Waals surface area contributed by atoms with Crippen molar-refractivity contribution in [2.75, 3.05) is 45.1 Å². The van der Waals surface area contributed by atoms with Gasteiger partial charge in [0, 0.05) is 31.8 Å². The molecule has 0 spiro atoms. The highest BCUT2D eigenvalue weighted by Gasteiger charge is 2.29. The molecule has 2 atom stereocenters. The number of nitrogen functional groups attached to an aromatic ring is 1. The Kier molecular flexibility index (Phi) is 7.58. The SMILES string of the molecule is N#CCCCN1CC[C@@H](CNC(=O)c2cc(N)c(Br)c3c2OCCCO3)[C@H](O)C1. The Morgan fingerprint density at radius 2 is 2.17 bits per heavy atom. The summed E-state index contributed by atoms with van der Waals surface area (Å²) in [6.07, 6.45) is 2.33.